The van der Waals surface area contributed by atoms with Crippen LogP contribution in [0.15, 0.2) is 54.1 Å². The molecule has 1 heterocycles. The Bertz CT molecular complexity index is 933. The number of hydrogen-bond donors (Lipinski definition) is 1. The molecule has 1 unspecified atom stereocenters. The Kier molecular flexibility index (Phi) is 6.22. The molecule has 0 bridgehead atoms. The number of aliphatic hydroxyl groups excluding tert-OH is 1. The van der Waals surface area contributed by atoms with Gasteiger partial charge < -0.3 is 19.5 Å². The number of aliphatic hydroxyl groups is 1. The number of Topliss-reactive ketones (excluding diaryl/α,β-unsaturated/α-hetero) is 1. The van der Waals surface area contributed by atoms with Crippen LogP contribution >= 0.6 is 0 Å². The van der Waals surface area contributed by atoms with Crippen LogP contribution < -0.4 is 9.47 Å². The Morgan fingerprint density at radius 3 is 2.38 bits per heavy atom. The van der Waals surface area contributed by atoms with Crippen LogP contribution in [-0.4, -0.2) is 42.0 Å². The summed E-state index contributed by atoms with van der Waals surface area (Å²) in [5.41, 5.74) is 1.18. The van der Waals surface area contributed by atoms with Gasteiger partial charge in [0.1, 0.15) is 17.3 Å². The van der Waals surface area contributed by atoms with Crippen molar-refractivity contribution in [3.63, 3.8) is 0 Å². The lowest BCUT2D eigenvalue weighted by Gasteiger charge is -2.26. The van der Waals surface area contributed by atoms with Gasteiger partial charge in [0, 0.05) is 17.7 Å². The second-order valence-electron chi connectivity index (χ2n) is 6.69. The molecule has 152 valence electrons. The van der Waals surface area contributed by atoms with E-state index in [1.807, 2.05) is 32.0 Å². The fourth-order valence-corrected chi connectivity index (χ4v) is 3.60. The molecular weight excluding hydrogens is 370 g/mol. The number of hydrogen-bond acceptors (Lipinski definition) is 5. The average molecular weight is 395 g/mol. The zero-order valence-corrected chi connectivity index (χ0v) is 16.8. The Hall–Kier alpha value is -3.28. The number of ketones is 1. The van der Waals surface area contributed by atoms with Crippen molar-refractivity contribution in [2.45, 2.75) is 26.3 Å². The summed E-state index contributed by atoms with van der Waals surface area (Å²) in [6.45, 7) is 4.75. The summed E-state index contributed by atoms with van der Waals surface area (Å²) in [5.74, 6) is -0.299. The molecule has 0 aromatic heterocycles. The van der Waals surface area contributed by atoms with Gasteiger partial charge in [-0.2, -0.15) is 0 Å². The van der Waals surface area contributed by atoms with Crippen LogP contribution in [0.2, 0.25) is 0 Å². The third-order valence-electron chi connectivity index (χ3n) is 4.88. The Labute approximate surface area is 170 Å². The van der Waals surface area contributed by atoms with Gasteiger partial charge in [0.2, 0.25) is 0 Å². The number of likely N-dealkylation sites (tertiary alicyclic amines) is 1. The minimum Gasteiger partial charge on any atom is -0.507 e. The third kappa shape index (κ3) is 3.83. The Balaban J connectivity index is 2.16. The molecule has 1 aliphatic heterocycles. The molecule has 0 spiro atoms. The largest absolute Gasteiger partial charge is 0.507 e. The number of benzene rings is 2. The van der Waals surface area contributed by atoms with Crippen molar-refractivity contribution < 1.29 is 24.2 Å². The number of carbonyl (C=O) groups excluding carboxylic acids is 2. The van der Waals surface area contributed by atoms with E-state index in [2.05, 4.69) is 0 Å². The van der Waals surface area contributed by atoms with E-state index in [1.165, 1.54) is 12.0 Å². The first-order chi connectivity index (χ1) is 14.0. The molecule has 1 saturated heterocycles. The van der Waals surface area contributed by atoms with Crippen molar-refractivity contribution >= 4 is 17.4 Å². The van der Waals surface area contributed by atoms with Gasteiger partial charge in [-0.25, -0.2) is 0 Å². The number of para-hydroxylation sites is 1. The number of amides is 1. The number of carbonyl (C=O) groups is 2. The number of ether oxygens (including phenoxy) is 2. The molecule has 29 heavy (non-hydrogen) atoms. The summed E-state index contributed by atoms with van der Waals surface area (Å²) in [5, 5.41) is 11.0. The molecule has 1 atom stereocenters. The van der Waals surface area contributed by atoms with Crippen LogP contribution in [0.3, 0.4) is 0 Å². The maximum absolute atomic E-state index is 12.9. The molecule has 2 aromatic carbocycles. The third-order valence-corrected chi connectivity index (χ3v) is 4.88. The molecule has 0 radical (unpaired) electrons. The van der Waals surface area contributed by atoms with Crippen LogP contribution in [-0.2, 0) is 9.59 Å². The normalized spacial score (nSPS) is 18.2. The SMILES string of the molecule is CCCN1C(=O)C(=O)/C(=C(\O)c2ccc(OCC)cc2)C1c1ccccc1OC. The van der Waals surface area contributed by atoms with Gasteiger partial charge in [0.05, 0.1) is 25.3 Å². The van der Waals surface area contributed by atoms with E-state index >= 15 is 0 Å². The highest BCUT2D eigenvalue weighted by atomic mass is 16.5. The topological polar surface area (TPSA) is 76.1 Å². The highest BCUT2D eigenvalue weighted by Crippen LogP contribution is 2.42. The van der Waals surface area contributed by atoms with Gasteiger partial charge >= 0.3 is 0 Å². The van der Waals surface area contributed by atoms with Crippen LogP contribution in [0.4, 0.5) is 0 Å². The monoisotopic (exact) mass is 395 g/mol. The lowest BCUT2D eigenvalue weighted by molar-refractivity contribution is -0.139. The van der Waals surface area contributed by atoms with Crippen molar-refractivity contribution in [3.05, 3.63) is 65.2 Å². The predicted molar refractivity (Wildman–Crippen MR) is 110 cm³/mol. The van der Waals surface area contributed by atoms with Gasteiger partial charge in [-0.15, -0.1) is 0 Å². The highest BCUT2D eigenvalue weighted by molar-refractivity contribution is 6.46. The van der Waals surface area contributed by atoms with Crippen LogP contribution in [0.1, 0.15) is 37.4 Å². The lowest BCUT2D eigenvalue weighted by Crippen LogP contribution is -2.30. The van der Waals surface area contributed by atoms with Crippen LogP contribution in [0.5, 0.6) is 11.5 Å². The molecule has 6 nitrogen and oxygen atoms in total. The zero-order valence-electron chi connectivity index (χ0n) is 16.8. The first kappa shape index (κ1) is 20.5. The van der Waals surface area contributed by atoms with Crippen LogP contribution in [0, 0.1) is 0 Å². The van der Waals surface area contributed by atoms with E-state index in [4.69, 9.17) is 9.47 Å². The lowest BCUT2D eigenvalue weighted by atomic mass is 9.94. The predicted octanol–water partition coefficient (Wildman–Crippen LogP) is 3.93. The summed E-state index contributed by atoms with van der Waals surface area (Å²) >= 11 is 0. The highest BCUT2D eigenvalue weighted by Gasteiger charge is 2.46. The molecular formula is C23H25NO5. The first-order valence-corrected chi connectivity index (χ1v) is 9.68. The van der Waals surface area contributed by atoms with E-state index in [0.29, 0.717) is 42.2 Å². The maximum atomic E-state index is 12.9. The number of methoxy groups -OCH3 is 1. The van der Waals surface area contributed by atoms with Gasteiger partial charge in [-0.05, 0) is 43.7 Å². The molecule has 0 saturated carbocycles. The van der Waals surface area contributed by atoms with Crippen LogP contribution in [0.25, 0.3) is 5.76 Å². The molecule has 1 N–H and O–H groups in total. The fourth-order valence-electron chi connectivity index (χ4n) is 3.60. The minimum absolute atomic E-state index is 0.0668. The van der Waals surface area contributed by atoms with Gasteiger partial charge in [0.25, 0.3) is 11.7 Å². The van der Waals surface area contributed by atoms with E-state index < -0.39 is 17.7 Å². The van der Waals surface area contributed by atoms with E-state index in [-0.39, 0.29) is 11.3 Å². The zero-order chi connectivity index (χ0) is 21.0. The first-order valence-electron chi connectivity index (χ1n) is 9.68. The van der Waals surface area contributed by atoms with E-state index in [0.717, 1.165) is 0 Å². The van der Waals surface area contributed by atoms with Crippen molar-refractivity contribution in [1.82, 2.24) is 4.90 Å². The molecule has 6 heteroatoms. The standard InChI is InChI=1S/C23H25NO5/c1-4-14-24-20(17-8-6-7-9-18(17)28-3)19(22(26)23(24)27)21(25)15-10-12-16(13-11-15)29-5-2/h6-13,20,25H,4-5,14H2,1-3H3/b21-19-. The fraction of sp³-hybridized carbons (Fsp3) is 0.304. The Morgan fingerprint density at radius 1 is 1.07 bits per heavy atom. The van der Waals surface area contributed by atoms with Gasteiger partial charge in [-0.1, -0.05) is 25.1 Å². The molecule has 2 aromatic rings. The molecule has 1 fully saturated rings. The quantitative estimate of drug-likeness (QED) is 0.437. The molecule has 1 aliphatic rings. The molecule has 0 aliphatic carbocycles. The number of rotatable bonds is 7. The second kappa shape index (κ2) is 8.82. The van der Waals surface area contributed by atoms with Crippen molar-refractivity contribution in [3.8, 4) is 11.5 Å². The summed E-state index contributed by atoms with van der Waals surface area (Å²) in [7, 11) is 1.54. The molecule has 3 rings (SSSR count). The van der Waals surface area contributed by atoms with Gasteiger partial charge in [0.15, 0.2) is 0 Å². The number of nitrogens with zero attached hydrogens (tertiary/aromatic N) is 1. The van der Waals surface area contributed by atoms with E-state index in [9.17, 15) is 14.7 Å². The smallest absolute Gasteiger partial charge is 0.295 e. The average Bonchev–Trinajstić information content (AvgIpc) is 2.99. The Morgan fingerprint density at radius 2 is 1.76 bits per heavy atom. The van der Waals surface area contributed by atoms with Gasteiger partial charge in [-0.3, -0.25) is 9.59 Å². The summed E-state index contributed by atoms with van der Waals surface area (Å²) in [4.78, 5) is 27.1. The van der Waals surface area contributed by atoms with E-state index in [1.54, 1.807) is 30.3 Å². The van der Waals surface area contributed by atoms with Crippen molar-refractivity contribution in [2.75, 3.05) is 20.3 Å². The second-order valence-corrected chi connectivity index (χ2v) is 6.69. The maximum Gasteiger partial charge on any atom is 0.295 e. The summed E-state index contributed by atoms with van der Waals surface area (Å²) in [6.07, 6.45) is 0.682. The van der Waals surface area contributed by atoms with Crippen molar-refractivity contribution in [2.24, 2.45) is 0 Å². The summed E-state index contributed by atoms with van der Waals surface area (Å²) < 4.78 is 10.9. The summed E-state index contributed by atoms with van der Waals surface area (Å²) in [6, 6.07) is 13.3. The molecule has 1 amide bonds. The minimum atomic E-state index is -0.710. The van der Waals surface area contributed by atoms with Crippen molar-refractivity contribution in [1.29, 1.82) is 0 Å².